The van der Waals surface area contributed by atoms with Gasteiger partial charge in [-0.1, -0.05) is 23.7 Å². The Hall–Kier alpha value is -2.88. The average Bonchev–Trinajstić information content (AvgIpc) is 3.01. The molecule has 0 aliphatic heterocycles. The van der Waals surface area contributed by atoms with E-state index < -0.39 is 17.7 Å². The number of halogens is 1. The zero-order valence-electron chi connectivity index (χ0n) is 21.0. The Bertz CT molecular complexity index is 1250. The van der Waals surface area contributed by atoms with E-state index in [1.54, 1.807) is 0 Å². The van der Waals surface area contributed by atoms with E-state index in [0.717, 1.165) is 39.8 Å². The van der Waals surface area contributed by atoms with Crippen molar-refractivity contribution in [3.63, 3.8) is 0 Å². The van der Waals surface area contributed by atoms with E-state index in [2.05, 4.69) is 23.3 Å². The summed E-state index contributed by atoms with van der Waals surface area (Å²) in [6, 6.07) is 7.59. The van der Waals surface area contributed by atoms with Gasteiger partial charge in [-0.05, 0) is 64.8 Å². The zero-order chi connectivity index (χ0) is 25.2. The summed E-state index contributed by atoms with van der Waals surface area (Å²) in [5.74, 6) is -0.472. The predicted molar refractivity (Wildman–Crippen MR) is 136 cm³/mol. The SMILES string of the molecule is [C-]#[N+]CCCn1c(C)c(C)c2c(-c3ccc(Cl)cc3)c([C@H](OC(C)(C)C)C(=O)OC)c(C)nc21. The molecule has 0 fully saturated rings. The van der Waals surface area contributed by atoms with E-state index >= 15 is 0 Å². The van der Waals surface area contributed by atoms with Gasteiger partial charge < -0.3 is 18.9 Å². The van der Waals surface area contributed by atoms with Gasteiger partial charge in [0.1, 0.15) is 5.65 Å². The van der Waals surface area contributed by atoms with Gasteiger partial charge in [0, 0.05) is 45.9 Å². The Labute approximate surface area is 206 Å². The summed E-state index contributed by atoms with van der Waals surface area (Å²) in [5, 5.41) is 1.60. The molecule has 6 nitrogen and oxygen atoms in total. The molecule has 0 unspecified atom stereocenters. The Morgan fingerprint density at radius 2 is 1.85 bits per heavy atom. The van der Waals surface area contributed by atoms with Crippen LogP contribution in [0.5, 0.6) is 0 Å². The van der Waals surface area contributed by atoms with Crippen molar-refractivity contribution in [2.45, 2.75) is 66.2 Å². The minimum Gasteiger partial charge on any atom is -0.467 e. The molecule has 0 aliphatic rings. The number of ether oxygens (including phenoxy) is 2. The monoisotopic (exact) mass is 481 g/mol. The van der Waals surface area contributed by atoms with Crippen molar-refractivity contribution in [3.05, 3.63) is 63.2 Å². The van der Waals surface area contributed by atoms with E-state index in [1.807, 2.05) is 52.0 Å². The lowest BCUT2D eigenvalue weighted by Gasteiger charge is -2.28. The van der Waals surface area contributed by atoms with Crippen LogP contribution >= 0.6 is 11.6 Å². The average molecular weight is 482 g/mol. The molecule has 0 aliphatic carbocycles. The van der Waals surface area contributed by atoms with Crippen LogP contribution in [0.4, 0.5) is 0 Å². The molecule has 1 atom stereocenters. The Morgan fingerprint density at radius 1 is 1.21 bits per heavy atom. The minimum atomic E-state index is -0.947. The van der Waals surface area contributed by atoms with Crippen LogP contribution in [0.3, 0.4) is 0 Å². The number of fused-ring (bicyclic) bond motifs is 1. The third-order valence-electron chi connectivity index (χ3n) is 5.92. The first-order valence-corrected chi connectivity index (χ1v) is 11.7. The van der Waals surface area contributed by atoms with Crippen molar-refractivity contribution < 1.29 is 14.3 Å². The number of esters is 1. The van der Waals surface area contributed by atoms with Gasteiger partial charge >= 0.3 is 5.97 Å². The number of hydrogen-bond acceptors (Lipinski definition) is 4. The summed E-state index contributed by atoms with van der Waals surface area (Å²) in [6.45, 7) is 20.1. The lowest BCUT2D eigenvalue weighted by Crippen LogP contribution is -2.29. The van der Waals surface area contributed by atoms with Crippen molar-refractivity contribution in [1.82, 2.24) is 9.55 Å². The number of carbonyl (C=O) groups excluding carboxylic acids is 1. The van der Waals surface area contributed by atoms with E-state index in [-0.39, 0.29) is 0 Å². The highest BCUT2D eigenvalue weighted by Gasteiger charge is 2.34. The number of carbonyl (C=O) groups is 1. The number of rotatable bonds is 7. The van der Waals surface area contributed by atoms with Gasteiger partial charge in [0.25, 0.3) is 0 Å². The molecule has 0 bridgehead atoms. The maximum absolute atomic E-state index is 13.0. The third-order valence-corrected chi connectivity index (χ3v) is 6.17. The molecule has 0 saturated heterocycles. The van der Waals surface area contributed by atoms with Crippen LogP contribution in [0.2, 0.25) is 5.02 Å². The highest BCUT2D eigenvalue weighted by Crippen LogP contribution is 2.42. The first-order chi connectivity index (χ1) is 16.0. The van der Waals surface area contributed by atoms with Crippen molar-refractivity contribution >= 4 is 28.6 Å². The van der Waals surface area contributed by atoms with Gasteiger partial charge in [0.05, 0.1) is 12.7 Å². The highest BCUT2D eigenvalue weighted by atomic mass is 35.5. The topological polar surface area (TPSA) is 57.7 Å². The molecule has 7 heteroatoms. The molecule has 180 valence electrons. The largest absolute Gasteiger partial charge is 0.467 e. The van der Waals surface area contributed by atoms with Crippen molar-refractivity contribution in [3.8, 4) is 11.1 Å². The smallest absolute Gasteiger partial charge is 0.339 e. The van der Waals surface area contributed by atoms with Crippen LogP contribution in [0, 0.1) is 27.3 Å². The van der Waals surface area contributed by atoms with Crippen LogP contribution < -0.4 is 0 Å². The molecule has 0 saturated carbocycles. The first kappa shape index (κ1) is 25.7. The lowest BCUT2D eigenvalue weighted by atomic mass is 9.91. The molecule has 2 heterocycles. The number of benzene rings is 1. The van der Waals surface area contributed by atoms with E-state index in [0.29, 0.717) is 29.4 Å². The summed E-state index contributed by atoms with van der Waals surface area (Å²) < 4.78 is 13.6. The summed E-state index contributed by atoms with van der Waals surface area (Å²) in [7, 11) is 1.37. The fourth-order valence-corrected chi connectivity index (χ4v) is 4.43. The maximum Gasteiger partial charge on any atom is 0.339 e. The molecule has 34 heavy (non-hydrogen) atoms. The Balaban J connectivity index is 2.43. The summed E-state index contributed by atoms with van der Waals surface area (Å²) in [6.07, 6.45) is -0.206. The van der Waals surface area contributed by atoms with Gasteiger partial charge in [-0.3, -0.25) is 0 Å². The van der Waals surface area contributed by atoms with Crippen LogP contribution in [-0.2, 0) is 20.8 Å². The lowest BCUT2D eigenvalue weighted by molar-refractivity contribution is -0.164. The Morgan fingerprint density at radius 3 is 2.41 bits per heavy atom. The maximum atomic E-state index is 13.0. The van der Waals surface area contributed by atoms with Crippen molar-refractivity contribution in [2.75, 3.05) is 13.7 Å². The Kier molecular flexibility index (Phi) is 7.70. The zero-order valence-corrected chi connectivity index (χ0v) is 21.7. The molecule has 1 aromatic carbocycles. The number of nitrogens with zero attached hydrogens (tertiary/aromatic N) is 3. The van der Waals surface area contributed by atoms with Crippen molar-refractivity contribution in [1.29, 1.82) is 0 Å². The van der Waals surface area contributed by atoms with Gasteiger partial charge in [-0.25, -0.2) is 16.4 Å². The second kappa shape index (κ2) is 10.2. The molecular weight excluding hydrogens is 450 g/mol. The van der Waals surface area contributed by atoms with Gasteiger partial charge in [-0.2, -0.15) is 0 Å². The molecule has 3 aromatic rings. The molecule has 0 N–H and O–H groups in total. The fraction of sp³-hybridized carbons (Fsp3) is 0.444. The second-order valence-electron chi connectivity index (χ2n) is 9.42. The van der Waals surface area contributed by atoms with Crippen LogP contribution in [0.15, 0.2) is 24.3 Å². The molecule has 0 radical (unpaired) electrons. The number of pyridine rings is 1. The van der Waals surface area contributed by atoms with E-state index in [4.69, 9.17) is 32.6 Å². The van der Waals surface area contributed by atoms with Gasteiger partial charge in [0.15, 0.2) is 6.10 Å². The van der Waals surface area contributed by atoms with Gasteiger partial charge in [-0.15, -0.1) is 0 Å². The first-order valence-electron chi connectivity index (χ1n) is 11.3. The van der Waals surface area contributed by atoms with Crippen LogP contribution in [-0.4, -0.2) is 34.8 Å². The number of aromatic nitrogens is 2. The third kappa shape index (κ3) is 5.11. The minimum absolute atomic E-state index is 0.461. The summed E-state index contributed by atoms with van der Waals surface area (Å²) >= 11 is 6.20. The van der Waals surface area contributed by atoms with Gasteiger partial charge in [0.2, 0.25) is 6.54 Å². The molecule has 0 spiro atoms. The molecule has 0 amide bonds. The number of aryl methyl sites for hydroxylation is 3. The van der Waals surface area contributed by atoms with E-state index in [1.165, 1.54) is 7.11 Å². The molecular formula is C27H32ClN3O3. The fourth-order valence-electron chi connectivity index (χ4n) is 4.30. The number of hydrogen-bond donors (Lipinski definition) is 0. The van der Waals surface area contributed by atoms with Crippen molar-refractivity contribution in [2.24, 2.45) is 0 Å². The normalized spacial score (nSPS) is 12.6. The van der Waals surface area contributed by atoms with Crippen LogP contribution in [0.25, 0.3) is 27.0 Å². The standard InChI is InChI=1S/C27H32ClN3O3/c1-16-18(3)31(15-9-14-29-7)25-21(16)23(19-10-12-20(28)13-11-19)22(17(2)30-25)24(26(32)33-8)34-27(4,5)6/h10-13,24H,9,14-15H2,1-6,8H3/t24-/m0/s1. The highest BCUT2D eigenvalue weighted by molar-refractivity contribution is 6.30. The predicted octanol–water partition coefficient (Wildman–Crippen LogP) is 6.62. The second-order valence-corrected chi connectivity index (χ2v) is 9.86. The number of methoxy groups -OCH3 is 1. The van der Waals surface area contributed by atoms with E-state index in [9.17, 15) is 4.79 Å². The quantitative estimate of drug-likeness (QED) is 0.216. The summed E-state index contributed by atoms with van der Waals surface area (Å²) in [5.41, 5.74) is 5.62. The molecule has 2 aromatic heterocycles. The summed E-state index contributed by atoms with van der Waals surface area (Å²) in [4.78, 5) is 21.5. The molecule has 3 rings (SSSR count). The van der Waals surface area contributed by atoms with Crippen LogP contribution in [0.1, 0.15) is 55.8 Å².